The second kappa shape index (κ2) is 7.60. The standard InChI is InChI=1S/C22H22FN3O4/c23-16-3-1-2-4-17(16)24-7-9-25(10-8-24)18-14-21(27)26(22(18)28)15-5-6-19-20(13-15)30-12-11-29-19/h1-6,13,18H,7-12,14H2/p+1/t18-/m0/s1. The van der Waals surface area contributed by atoms with Gasteiger partial charge in [-0.05, 0) is 24.3 Å². The minimum Gasteiger partial charge on any atom is -0.486 e. The Kier molecular flexibility index (Phi) is 4.78. The largest absolute Gasteiger partial charge is 0.486 e. The minimum atomic E-state index is -0.409. The summed E-state index contributed by atoms with van der Waals surface area (Å²) in [4.78, 5) is 30.2. The molecule has 2 aromatic rings. The van der Waals surface area contributed by atoms with Gasteiger partial charge in [-0.1, -0.05) is 12.1 Å². The van der Waals surface area contributed by atoms with Crippen LogP contribution >= 0.6 is 0 Å². The van der Waals surface area contributed by atoms with Crippen LogP contribution in [-0.2, 0) is 9.59 Å². The molecular formula is C22H23FN3O4+. The van der Waals surface area contributed by atoms with E-state index in [4.69, 9.17) is 9.47 Å². The van der Waals surface area contributed by atoms with Gasteiger partial charge in [-0.25, -0.2) is 9.29 Å². The van der Waals surface area contributed by atoms with Crippen molar-refractivity contribution < 1.29 is 28.4 Å². The molecule has 1 N–H and O–H groups in total. The zero-order valence-electron chi connectivity index (χ0n) is 16.5. The SMILES string of the molecule is O=C1C[C@H]([NH+]2CCN(c3ccccc3F)CC2)C(=O)N1c1ccc2c(c1)OCCO2. The number of halogens is 1. The lowest BCUT2D eigenvalue weighted by Crippen LogP contribution is -3.19. The highest BCUT2D eigenvalue weighted by Crippen LogP contribution is 2.35. The molecule has 1 atom stereocenters. The van der Waals surface area contributed by atoms with Gasteiger partial charge in [-0.15, -0.1) is 0 Å². The Morgan fingerprint density at radius 1 is 0.967 bits per heavy atom. The first-order valence-electron chi connectivity index (χ1n) is 10.2. The number of carbonyl (C=O) groups is 2. The predicted molar refractivity (Wildman–Crippen MR) is 108 cm³/mol. The molecule has 0 bridgehead atoms. The molecule has 0 radical (unpaired) electrons. The van der Waals surface area contributed by atoms with Crippen molar-refractivity contribution in [3.63, 3.8) is 0 Å². The summed E-state index contributed by atoms with van der Waals surface area (Å²) in [5.41, 5.74) is 1.10. The number of amides is 2. The first-order chi connectivity index (χ1) is 14.6. The Morgan fingerprint density at radius 2 is 1.70 bits per heavy atom. The molecular weight excluding hydrogens is 389 g/mol. The van der Waals surface area contributed by atoms with E-state index in [2.05, 4.69) is 0 Å². The van der Waals surface area contributed by atoms with Gasteiger partial charge in [0.05, 0.1) is 44.0 Å². The molecule has 5 rings (SSSR count). The van der Waals surface area contributed by atoms with Crippen LogP contribution in [0.3, 0.4) is 0 Å². The molecule has 0 saturated carbocycles. The number of piperazine rings is 1. The number of fused-ring (bicyclic) bond motifs is 1. The zero-order valence-corrected chi connectivity index (χ0v) is 16.5. The van der Waals surface area contributed by atoms with Crippen LogP contribution in [0.15, 0.2) is 42.5 Å². The summed E-state index contributed by atoms with van der Waals surface area (Å²) < 4.78 is 25.2. The van der Waals surface area contributed by atoms with Gasteiger partial charge in [0, 0.05) is 6.07 Å². The van der Waals surface area contributed by atoms with E-state index >= 15 is 0 Å². The monoisotopic (exact) mass is 412 g/mol. The topological polar surface area (TPSA) is 63.5 Å². The number of nitrogens with zero attached hydrogens (tertiary/aromatic N) is 2. The van der Waals surface area contributed by atoms with Gasteiger partial charge in [0.1, 0.15) is 19.0 Å². The normalized spacial score (nSPS) is 22.0. The van der Waals surface area contributed by atoms with Gasteiger partial charge >= 0.3 is 0 Å². The highest BCUT2D eigenvalue weighted by atomic mass is 19.1. The van der Waals surface area contributed by atoms with E-state index < -0.39 is 6.04 Å². The number of hydrogen-bond acceptors (Lipinski definition) is 5. The van der Waals surface area contributed by atoms with Crippen molar-refractivity contribution in [1.82, 2.24) is 0 Å². The van der Waals surface area contributed by atoms with Crippen LogP contribution in [0.5, 0.6) is 11.5 Å². The third-order valence-electron chi connectivity index (χ3n) is 6.02. The highest BCUT2D eigenvalue weighted by Gasteiger charge is 2.46. The van der Waals surface area contributed by atoms with E-state index in [0.29, 0.717) is 62.3 Å². The molecule has 7 nitrogen and oxygen atoms in total. The fourth-order valence-corrected chi connectivity index (χ4v) is 4.48. The van der Waals surface area contributed by atoms with Crippen molar-refractivity contribution in [3.05, 3.63) is 48.3 Å². The zero-order chi connectivity index (χ0) is 20.7. The molecule has 3 aliphatic rings. The number of para-hydroxylation sites is 1. The summed E-state index contributed by atoms with van der Waals surface area (Å²) in [6.07, 6.45) is 0.183. The summed E-state index contributed by atoms with van der Waals surface area (Å²) >= 11 is 0. The lowest BCUT2D eigenvalue weighted by atomic mass is 10.1. The maximum Gasteiger partial charge on any atom is 0.292 e. The lowest BCUT2D eigenvalue weighted by molar-refractivity contribution is -0.915. The van der Waals surface area contributed by atoms with Crippen molar-refractivity contribution in [2.45, 2.75) is 12.5 Å². The molecule has 2 amide bonds. The third kappa shape index (κ3) is 3.27. The van der Waals surface area contributed by atoms with E-state index in [9.17, 15) is 14.0 Å². The van der Waals surface area contributed by atoms with Gasteiger partial charge in [0.15, 0.2) is 17.5 Å². The number of ether oxygens (including phenoxy) is 2. The summed E-state index contributed by atoms with van der Waals surface area (Å²) in [7, 11) is 0. The number of hydrogen-bond donors (Lipinski definition) is 1. The maximum atomic E-state index is 14.1. The summed E-state index contributed by atoms with van der Waals surface area (Å²) in [6.45, 7) is 3.55. The second-order valence-corrected chi connectivity index (χ2v) is 7.75. The van der Waals surface area contributed by atoms with Gasteiger partial charge in [0.25, 0.3) is 5.91 Å². The van der Waals surface area contributed by atoms with E-state index in [1.807, 2.05) is 11.0 Å². The maximum absolute atomic E-state index is 14.1. The molecule has 3 heterocycles. The molecule has 0 unspecified atom stereocenters. The van der Waals surface area contributed by atoms with Gasteiger partial charge in [0.2, 0.25) is 5.91 Å². The minimum absolute atomic E-state index is 0.183. The van der Waals surface area contributed by atoms with Crippen molar-refractivity contribution in [2.75, 3.05) is 49.2 Å². The first-order valence-corrected chi connectivity index (χ1v) is 10.2. The van der Waals surface area contributed by atoms with Crippen LogP contribution in [-0.4, -0.2) is 57.2 Å². The van der Waals surface area contributed by atoms with E-state index in [-0.39, 0.29) is 24.1 Å². The fraction of sp³-hybridized carbons (Fsp3) is 0.364. The second-order valence-electron chi connectivity index (χ2n) is 7.75. The smallest absolute Gasteiger partial charge is 0.292 e. The van der Waals surface area contributed by atoms with Gasteiger partial charge < -0.3 is 19.3 Å². The van der Waals surface area contributed by atoms with E-state index in [1.54, 1.807) is 30.3 Å². The molecule has 2 fully saturated rings. The van der Waals surface area contributed by atoms with Crippen LogP contribution in [0.2, 0.25) is 0 Å². The molecule has 3 aliphatic heterocycles. The summed E-state index contributed by atoms with van der Waals surface area (Å²) in [5, 5.41) is 0. The molecule has 0 aromatic heterocycles. The van der Waals surface area contributed by atoms with Crippen molar-refractivity contribution in [2.24, 2.45) is 0 Å². The van der Waals surface area contributed by atoms with Crippen LogP contribution in [0.25, 0.3) is 0 Å². The third-order valence-corrected chi connectivity index (χ3v) is 6.02. The van der Waals surface area contributed by atoms with Crippen LogP contribution in [0, 0.1) is 5.82 Å². The van der Waals surface area contributed by atoms with Crippen LogP contribution in [0.4, 0.5) is 15.8 Å². The molecule has 2 saturated heterocycles. The predicted octanol–water partition coefficient (Wildman–Crippen LogP) is 0.634. The molecule has 30 heavy (non-hydrogen) atoms. The number of quaternary nitrogens is 1. The van der Waals surface area contributed by atoms with Crippen LogP contribution in [0.1, 0.15) is 6.42 Å². The molecule has 156 valence electrons. The first kappa shape index (κ1) is 18.9. The highest BCUT2D eigenvalue weighted by molar-refractivity contribution is 6.22. The number of rotatable bonds is 3. The van der Waals surface area contributed by atoms with Crippen molar-refractivity contribution in [1.29, 1.82) is 0 Å². The quantitative estimate of drug-likeness (QED) is 0.750. The molecule has 2 aromatic carbocycles. The number of carbonyl (C=O) groups excluding carboxylic acids is 2. The fourth-order valence-electron chi connectivity index (χ4n) is 4.48. The van der Waals surface area contributed by atoms with E-state index in [1.165, 1.54) is 11.0 Å². The number of nitrogens with one attached hydrogen (secondary N) is 1. The van der Waals surface area contributed by atoms with E-state index in [0.717, 1.165) is 4.90 Å². The number of benzene rings is 2. The molecule has 0 aliphatic carbocycles. The average molecular weight is 412 g/mol. The Labute approximate surface area is 173 Å². The molecule has 0 spiro atoms. The van der Waals surface area contributed by atoms with Crippen LogP contribution < -0.4 is 24.2 Å². The Bertz CT molecular complexity index is 990. The summed E-state index contributed by atoms with van der Waals surface area (Å²) in [6, 6.07) is 11.5. The number of anilines is 2. The lowest BCUT2D eigenvalue weighted by Gasteiger charge is -2.35. The Morgan fingerprint density at radius 3 is 2.47 bits per heavy atom. The number of imide groups is 1. The Balaban J connectivity index is 1.29. The van der Waals surface area contributed by atoms with Gasteiger partial charge in [-0.3, -0.25) is 9.59 Å². The summed E-state index contributed by atoms with van der Waals surface area (Å²) in [5.74, 6) is 0.541. The average Bonchev–Trinajstić information content (AvgIpc) is 3.08. The van der Waals surface area contributed by atoms with Crippen molar-refractivity contribution >= 4 is 23.2 Å². The Hall–Kier alpha value is -3.13. The molecule has 8 heteroatoms. The van der Waals surface area contributed by atoms with Gasteiger partial charge in [-0.2, -0.15) is 0 Å². The van der Waals surface area contributed by atoms with Crippen molar-refractivity contribution in [3.8, 4) is 11.5 Å².